The van der Waals surface area contributed by atoms with Crippen LogP contribution in [0.5, 0.6) is 5.75 Å². The van der Waals surface area contributed by atoms with Gasteiger partial charge in [0.1, 0.15) is 29.4 Å². The van der Waals surface area contributed by atoms with Crippen LogP contribution in [0.4, 0.5) is 11.6 Å². The van der Waals surface area contributed by atoms with Gasteiger partial charge in [-0.05, 0) is 62.2 Å². The summed E-state index contributed by atoms with van der Waals surface area (Å²) < 4.78 is 7.68. The SMILES string of the molecule is COc1cc(C(=O)Nc2ccccn2)ccc1-c1nn(C2CCCNC[C@@H]2C)c2ncnc(N)c12. The molecule has 0 spiro atoms. The average molecular weight is 473 g/mol. The quantitative estimate of drug-likeness (QED) is 0.403. The van der Waals surface area contributed by atoms with Gasteiger partial charge in [-0.25, -0.2) is 19.6 Å². The number of carbonyl (C=O) groups excluding carboxylic acids is 1. The lowest BCUT2D eigenvalue weighted by Crippen LogP contribution is -2.25. The van der Waals surface area contributed by atoms with Gasteiger partial charge < -0.3 is 21.1 Å². The molecule has 10 heteroatoms. The van der Waals surface area contributed by atoms with Gasteiger partial charge in [0.15, 0.2) is 5.65 Å². The minimum Gasteiger partial charge on any atom is -0.496 e. The van der Waals surface area contributed by atoms with E-state index in [9.17, 15) is 4.79 Å². The predicted molar refractivity (Wildman–Crippen MR) is 134 cm³/mol. The summed E-state index contributed by atoms with van der Waals surface area (Å²) >= 11 is 0. The van der Waals surface area contributed by atoms with E-state index in [0.29, 0.717) is 51.2 Å². The molecule has 1 aliphatic rings. The van der Waals surface area contributed by atoms with Gasteiger partial charge in [-0.15, -0.1) is 0 Å². The molecule has 1 amide bonds. The van der Waals surface area contributed by atoms with E-state index in [1.54, 1.807) is 37.6 Å². The van der Waals surface area contributed by atoms with Crippen LogP contribution in [0, 0.1) is 5.92 Å². The Labute approximate surface area is 202 Å². The van der Waals surface area contributed by atoms with Crippen LogP contribution in [-0.2, 0) is 0 Å². The molecule has 1 unspecified atom stereocenters. The summed E-state index contributed by atoms with van der Waals surface area (Å²) in [5.41, 5.74) is 8.82. The van der Waals surface area contributed by atoms with Crippen molar-refractivity contribution in [3.05, 3.63) is 54.5 Å². The normalized spacial score (nSPS) is 18.2. The molecular weight excluding hydrogens is 444 g/mol. The van der Waals surface area contributed by atoms with E-state index in [4.69, 9.17) is 15.6 Å². The first-order chi connectivity index (χ1) is 17.1. The average Bonchev–Trinajstić information content (AvgIpc) is 3.13. The Balaban J connectivity index is 1.57. The number of hydrogen-bond acceptors (Lipinski definition) is 8. The van der Waals surface area contributed by atoms with E-state index in [-0.39, 0.29) is 11.9 Å². The summed E-state index contributed by atoms with van der Waals surface area (Å²) in [6, 6.07) is 10.8. The topological polar surface area (TPSA) is 133 Å². The molecule has 4 heterocycles. The summed E-state index contributed by atoms with van der Waals surface area (Å²) in [5.74, 6) is 1.41. The van der Waals surface area contributed by atoms with Crippen LogP contribution >= 0.6 is 0 Å². The molecule has 3 aromatic heterocycles. The number of nitrogens with two attached hydrogens (primary N) is 1. The Bertz CT molecular complexity index is 1350. The molecule has 5 rings (SSSR count). The van der Waals surface area contributed by atoms with Gasteiger partial charge in [-0.2, -0.15) is 5.10 Å². The van der Waals surface area contributed by atoms with Crippen molar-refractivity contribution in [1.82, 2.24) is 30.0 Å². The Kier molecular flexibility index (Phi) is 6.28. The van der Waals surface area contributed by atoms with Crippen molar-refractivity contribution >= 4 is 28.6 Å². The molecule has 180 valence electrons. The predicted octanol–water partition coefficient (Wildman–Crippen LogP) is 3.29. The molecule has 35 heavy (non-hydrogen) atoms. The van der Waals surface area contributed by atoms with E-state index >= 15 is 0 Å². The van der Waals surface area contributed by atoms with Crippen molar-refractivity contribution in [2.24, 2.45) is 5.92 Å². The highest BCUT2D eigenvalue weighted by Crippen LogP contribution is 2.39. The maximum Gasteiger partial charge on any atom is 0.256 e. The maximum absolute atomic E-state index is 12.8. The van der Waals surface area contributed by atoms with Crippen LogP contribution < -0.4 is 21.1 Å². The number of methoxy groups -OCH3 is 1. The number of aromatic nitrogens is 5. The first-order valence-electron chi connectivity index (χ1n) is 11.7. The Morgan fingerprint density at radius 2 is 2.11 bits per heavy atom. The summed E-state index contributed by atoms with van der Waals surface area (Å²) in [6.07, 6.45) is 5.13. The second-order valence-corrected chi connectivity index (χ2v) is 8.73. The Morgan fingerprint density at radius 1 is 1.23 bits per heavy atom. The van der Waals surface area contributed by atoms with Gasteiger partial charge in [-0.3, -0.25) is 4.79 Å². The summed E-state index contributed by atoms with van der Waals surface area (Å²) in [5, 5.41) is 12.0. The van der Waals surface area contributed by atoms with Crippen LogP contribution in [0.1, 0.15) is 36.2 Å². The van der Waals surface area contributed by atoms with E-state index in [2.05, 4.69) is 32.5 Å². The first kappa shape index (κ1) is 22.7. The first-order valence-corrected chi connectivity index (χ1v) is 11.7. The number of fused-ring (bicyclic) bond motifs is 1. The fraction of sp³-hybridized carbons (Fsp3) is 0.320. The van der Waals surface area contributed by atoms with Crippen LogP contribution in [0.3, 0.4) is 0 Å². The molecule has 1 saturated heterocycles. The Hall–Kier alpha value is -4.05. The third-order valence-electron chi connectivity index (χ3n) is 6.43. The van der Waals surface area contributed by atoms with Gasteiger partial charge in [-0.1, -0.05) is 13.0 Å². The van der Waals surface area contributed by atoms with Crippen LogP contribution in [0.2, 0.25) is 0 Å². The highest BCUT2D eigenvalue weighted by molar-refractivity contribution is 6.05. The molecular formula is C25H28N8O2. The standard InChI is InChI=1S/C25H28N8O2/c1-15-13-27-10-5-6-18(15)33-24-21(23(26)29-14-30-24)22(32-33)17-9-8-16(12-19(17)35-2)25(34)31-20-7-3-4-11-28-20/h3-4,7-9,11-12,14-15,18,27H,5-6,10,13H2,1-2H3,(H2,26,29,30)(H,28,31,34)/t15-,18?/m0/s1. The number of nitrogens with one attached hydrogen (secondary N) is 2. The van der Waals surface area contributed by atoms with Crippen molar-refractivity contribution in [1.29, 1.82) is 0 Å². The fourth-order valence-corrected chi connectivity index (χ4v) is 4.62. The zero-order chi connectivity index (χ0) is 24.4. The monoisotopic (exact) mass is 472 g/mol. The van der Waals surface area contributed by atoms with Crippen LogP contribution in [0.15, 0.2) is 48.9 Å². The molecule has 10 nitrogen and oxygen atoms in total. The molecule has 0 saturated carbocycles. The molecule has 4 aromatic rings. The molecule has 0 bridgehead atoms. The second kappa shape index (κ2) is 9.67. The zero-order valence-electron chi connectivity index (χ0n) is 19.7. The number of pyridine rings is 1. The summed E-state index contributed by atoms with van der Waals surface area (Å²) in [6.45, 7) is 4.11. The number of ether oxygens (including phenoxy) is 1. The maximum atomic E-state index is 12.8. The molecule has 1 aromatic carbocycles. The molecule has 1 aliphatic heterocycles. The number of nitrogen functional groups attached to an aromatic ring is 1. The summed E-state index contributed by atoms with van der Waals surface area (Å²) in [4.78, 5) is 25.7. The van der Waals surface area contributed by atoms with Gasteiger partial charge in [0, 0.05) is 17.3 Å². The number of carbonyl (C=O) groups is 1. The van der Waals surface area contributed by atoms with Gasteiger partial charge in [0.25, 0.3) is 5.91 Å². The molecule has 2 atom stereocenters. The fourth-order valence-electron chi connectivity index (χ4n) is 4.62. The van der Waals surface area contributed by atoms with Crippen molar-refractivity contribution in [2.75, 3.05) is 31.2 Å². The van der Waals surface area contributed by atoms with Crippen molar-refractivity contribution in [3.8, 4) is 17.0 Å². The molecule has 4 N–H and O–H groups in total. The lowest BCUT2D eigenvalue weighted by atomic mass is 9.99. The van der Waals surface area contributed by atoms with Gasteiger partial charge in [0.2, 0.25) is 0 Å². The van der Waals surface area contributed by atoms with E-state index in [0.717, 1.165) is 25.9 Å². The van der Waals surface area contributed by atoms with Crippen molar-refractivity contribution in [2.45, 2.75) is 25.8 Å². The second-order valence-electron chi connectivity index (χ2n) is 8.73. The zero-order valence-corrected chi connectivity index (χ0v) is 19.7. The smallest absolute Gasteiger partial charge is 0.256 e. The number of rotatable bonds is 5. The minimum atomic E-state index is -0.286. The van der Waals surface area contributed by atoms with E-state index in [1.807, 2.05) is 16.8 Å². The highest BCUT2D eigenvalue weighted by Gasteiger charge is 2.28. The largest absolute Gasteiger partial charge is 0.496 e. The molecule has 1 fully saturated rings. The van der Waals surface area contributed by atoms with Crippen LogP contribution in [-0.4, -0.2) is 50.8 Å². The number of nitrogens with zero attached hydrogens (tertiary/aromatic N) is 5. The number of amides is 1. The van der Waals surface area contributed by atoms with Gasteiger partial charge >= 0.3 is 0 Å². The highest BCUT2D eigenvalue weighted by atomic mass is 16.5. The van der Waals surface area contributed by atoms with E-state index < -0.39 is 0 Å². The minimum absolute atomic E-state index is 0.171. The number of hydrogen-bond donors (Lipinski definition) is 3. The number of benzene rings is 1. The third kappa shape index (κ3) is 4.40. The van der Waals surface area contributed by atoms with Crippen molar-refractivity contribution < 1.29 is 9.53 Å². The summed E-state index contributed by atoms with van der Waals surface area (Å²) in [7, 11) is 1.57. The number of anilines is 2. The molecule has 0 aliphatic carbocycles. The van der Waals surface area contributed by atoms with Gasteiger partial charge in [0.05, 0.1) is 18.5 Å². The Morgan fingerprint density at radius 3 is 2.91 bits per heavy atom. The lowest BCUT2D eigenvalue weighted by molar-refractivity contribution is 0.102. The molecule has 0 radical (unpaired) electrons. The van der Waals surface area contributed by atoms with Crippen molar-refractivity contribution in [3.63, 3.8) is 0 Å². The van der Waals surface area contributed by atoms with Crippen LogP contribution in [0.25, 0.3) is 22.3 Å². The lowest BCUT2D eigenvalue weighted by Gasteiger charge is -2.22. The van der Waals surface area contributed by atoms with E-state index in [1.165, 1.54) is 6.33 Å². The third-order valence-corrected chi connectivity index (χ3v) is 6.43.